The van der Waals surface area contributed by atoms with Gasteiger partial charge in [-0.2, -0.15) is 0 Å². The lowest BCUT2D eigenvalue weighted by atomic mass is 10.2. The van der Waals surface area contributed by atoms with Crippen molar-refractivity contribution >= 4 is 11.6 Å². The van der Waals surface area contributed by atoms with Gasteiger partial charge in [-0.3, -0.25) is 9.59 Å². The Labute approximate surface area is 84.2 Å². The number of ketones is 2. The molecule has 0 rings (SSSR count). The number of hydrogen-bond acceptors (Lipinski definition) is 2. The van der Waals surface area contributed by atoms with Gasteiger partial charge in [0.1, 0.15) is 0 Å². The Hall–Kier alpha value is -1.48. The van der Waals surface area contributed by atoms with Gasteiger partial charge in [0.25, 0.3) is 0 Å². The van der Waals surface area contributed by atoms with Crippen LogP contribution >= 0.6 is 0 Å². The van der Waals surface area contributed by atoms with E-state index in [9.17, 15) is 9.59 Å². The summed E-state index contributed by atoms with van der Waals surface area (Å²) in [6, 6.07) is 0. The predicted molar refractivity (Wildman–Crippen MR) is 55.6 cm³/mol. The van der Waals surface area contributed by atoms with E-state index >= 15 is 0 Å². The number of Topliss-reactive ketones (excluding diaryl/α,β-unsaturated/α-hetero) is 2. The molecule has 0 fully saturated rings. The summed E-state index contributed by atoms with van der Waals surface area (Å²) in [4.78, 5) is 21.7. The minimum atomic E-state index is -0.0699. The van der Waals surface area contributed by atoms with Crippen LogP contribution in [0.3, 0.4) is 0 Å². The molecule has 0 aliphatic carbocycles. The van der Waals surface area contributed by atoms with Gasteiger partial charge in [0.05, 0.1) is 7.05 Å². The van der Waals surface area contributed by atoms with Gasteiger partial charge in [0, 0.05) is 18.6 Å². The number of carbonyl (C=O) groups is 2. The van der Waals surface area contributed by atoms with E-state index in [2.05, 4.69) is 6.58 Å². The summed E-state index contributed by atoms with van der Waals surface area (Å²) in [6.07, 6.45) is 4.91. The molecular weight excluding hydrogens is 178 g/mol. The molecule has 0 saturated heterocycles. The van der Waals surface area contributed by atoms with Crippen molar-refractivity contribution in [3.8, 4) is 0 Å². The second-order valence-electron chi connectivity index (χ2n) is 2.91. The molecule has 3 nitrogen and oxygen atoms in total. The number of allylic oxidation sites excluding steroid dienone is 5. The molecule has 0 aromatic carbocycles. The van der Waals surface area contributed by atoms with Crippen LogP contribution in [-0.2, 0) is 9.59 Å². The summed E-state index contributed by atoms with van der Waals surface area (Å²) < 4.78 is 0. The van der Waals surface area contributed by atoms with E-state index in [0.717, 1.165) is 0 Å². The van der Waals surface area contributed by atoms with E-state index in [4.69, 9.17) is 0 Å². The van der Waals surface area contributed by atoms with Crippen LogP contribution in [0.15, 0.2) is 36.1 Å². The van der Waals surface area contributed by atoms with Crippen molar-refractivity contribution < 1.29 is 14.9 Å². The highest BCUT2D eigenvalue weighted by atomic mass is 16.1. The number of quaternary nitrogens is 1. The lowest BCUT2D eigenvalue weighted by molar-refractivity contribution is -0.569. The first kappa shape index (κ1) is 12.5. The molecule has 0 spiro atoms. The Bertz CT molecular complexity index is 311. The SMILES string of the molecule is C=C(/C=C\C=C(/[NH2+]C)C(C)=O)C(C)=O. The Morgan fingerprint density at radius 2 is 1.79 bits per heavy atom. The van der Waals surface area contributed by atoms with Crippen LogP contribution in [0.4, 0.5) is 0 Å². The van der Waals surface area contributed by atoms with E-state index in [0.29, 0.717) is 11.3 Å². The third-order valence-electron chi connectivity index (χ3n) is 1.74. The molecule has 0 unspecified atom stereocenters. The molecule has 0 aromatic rings. The number of hydrogen-bond donors (Lipinski definition) is 1. The molecular formula is C11H16NO2+. The van der Waals surface area contributed by atoms with Gasteiger partial charge in [0.2, 0.25) is 5.78 Å². The summed E-state index contributed by atoms with van der Waals surface area (Å²) in [7, 11) is 1.79. The average molecular weight is 194 g/mol. The largest absolute Gasteiger partial charge is 0.313 e. The molecule has 0 aromatic heterocycles. The third kappa shape index (κ3) is 4.52. The zero-order chi connectivity index (χ0) is 11.1. The molecule has 3 heteroatoms. The quantitative estimate of drug-likeness (QED) is 0.507. The third-order valence-corrected chi connectivity index (χ3v) is 1.74. The second-order valence-corrected chi connectivity index (χ2v) is 2.91. The van der Waals surface area contributed by atoms with E-state index in [1.165, 1.54) is 13.8 Å². The van der Waals surface area contributed by atoms with Gasteiger partial charge >= 0.3 is 0 Å². The summed E-state index contributed by atoms with van der Waals surface area (Å²) in [6.45, 7) is 6.51. The first-order chi connectivity index (χ1) is 6.49. The van der Waals surface area contributed by atoms with Crippen molar-refractivity contribution in [1.82, 2.24) is 0 Å². The van der Waals surface area contributed by atoms with Gasteiger partial charge < -0.3 is 5.32 Å². The summed E-state index contributed by atoms with van der Waals surface area (Å²) in [5, 5.41) is 1.73. The van der Waals surface area contributed by atoms with Crippen molar-refractivity contribution in [3.63, 3.8) is 0 Å². The maximum absolute atomic E-state index is 11.0. The second kappa shape index (κ2) is 6.05. The van der Waals surface area contributed by atoms with E-state index in [1.54, 1.807) is 30.6 Å². The first-order valence-electron chi connectivity index (χ1n) is 4.37. The zero-order valence-electron chi connectivity index (χ0n) is 8.83. The Balaban J connectivity index is 4.47. The fourth-order valence-electron chi connectivity index (χ4n) is 0.802. The normalized spacial score (nSPS) is 11.8. The molecule has 0 heterocycles. The molecule has 0 aliphatic rings. The first-order valence-corrected chi connectivity index (χ1v) is 4.37. The van der Waals surface area contributed by atoms with Crippen molar-refractivity contribution in [1.29, 1.82) is 0 Å². The fourth-order valence-corrected chi connectivity index (χ4v) is 0.802. The van der Waals surface area contributed by atoms with Gasteiger partial charge in [-0.15, -0.1) is 0 Å². The molecule has 2 N–H and O–H groups in total. The lowest BCUT2D eigenvalue weighted by Crippen LogP contribution is -2.78. The van der Waals surface area contributed by atoms with E-state index in [-0.39, 0.29) is 11.6 Å². The fraction of sp³-hybridized carbons (Fsp3) is 0.273. The van der Waals surface area contributed by atoms with Gasteiger partial charge in [-0.25, -0.2) is 0 Å². The minimum Gasteiger partial charge on any atom is -0.313 e. The van der Waals surface area contributed by atoms with Crippen molar-refractivity contribution in [2.75, 3.05) is 7.05 Å². The van der Waals surface area contributed by atoms with Crippen LogP contribution in [0, 0.1) is 0 Å². The minimum absolute atomic E-state index is 0.00517. The summed E-state index contributed by atoms with van der Waals surface area (Å²) in [5.41, 5.74) is 1.05. The molecule has 76 valence electrons. The monoisotopic (exact) mass is 194 g/mol. The Morgan fingerprint density at radius 1 is 1.21 bits per heavy atom. The molecule has 0 amide bonds. The molecule has 0 atom stereocenters. The summed E-state index contributed by atoms with van der Waals surface area (Å²) in [5.74, 6) is -0.0647. The van der Waals surface area contributed by atoms with Crippen LogP contribution in [0.1, 0.15) is 13.8 Å². The van der Waals surface area contributed by atoms with Gasteiger partial charge in [-0.05, 0) is 6.92 Å². The highest BCUT2D eigenvalue weighted by Crippen LogP contribution is 1.95. The average Bonchev–Trinajstić information content (AvgIpc) is 2.11. The molecule has 14 heavy (non-hydrogen) atoms. The van der Waals surface area contributed by atoms with Crippen molar-refractivity contribution in [2.45, 2.75) is 13.8 Å². The topological polar surface area (TPSA) is 50.8 Å². The van der Waals surface area contributed by atoms with Crippen LogP contribution in [0.25, 0.3) is 0 Å². The zero-order valence-corrected chi connectivity index (χ0v) is 8.83. The molecule has 0 aliphatic heterocycles. The number of nitrogens with two attached hydrogens (primary N) is 1. The lowest BCUT2D eigenvalue weighted by Gasteiger charge is -1.93. The van der Waals surface area contributed by atoms with Crippen molar-refractivity contribution in [2.24, 2.45) is 0 Å². The molecule has 0 saturated carbocycles. The number of rotatable bonds is 5. The Kier molecular flexibility index (Phi) is 5.41. The maximum Gasteiger partial charge on any atom is 0.212 e. The van der Waals surface area contributed by atoms with Crippen LogP contribution < -0.4 is 5.32 Å². The van der Waals surface area contributed by atoms with Crippen LogP contribution in [0.2, 0.25) is 0 Å². The Morgan fingerprint density at radius 3 is 2.14 bits per heavy atom. The number of likely N-dealkylation sites (N-methyl/N-ethyl adjacent to an activating group) is 1. The summed E-state index contributed by atoms with van der Waals surface area (Å²) >= 11 is 0. The molecule has 0 radical (unpaired) electrons. The standard InChI is InChI=1S/C11H15NO2/c1-8(9(2)13)6-5-7-11(12-4)10(3)14/h5-7,12H,1H2,2-4H3/p+1/b6-5-,11-7-. The number of carbonyl (C=O) groups excluding carboxylic acids is 2. The highest BCUT2D eigenvalue weighted by molar-refractivity contribution is 5.95. The highest BCUT2D eigenvalue weighted by Gasteiger charge is 2.02. The van der Waals surface area contributed by atoms with Gasteiger partial charge in [0.15, 0.2) is 11.5 Å². The van der Waals surface area contributed by atoms with E-state index < -0.39 is 0 Å². The van der Waals surface area contributed by atoms with Gasteiger partial charge in [-0.1, -0.05) is 18.7 Å². The smallest absolute Gasteiger partial charge is 0.212 e. The predicted octanol–water partition coefficient (Wildman–Crippen LogP) is 0.354. The van der Waals surface area contributed by atoms with E-state index in [1.807, 2.05) is 0 Å². The maximum atomic E-state index is 11.0. The van der Waals surface area contributed by atoms with Crippen molar-refractivity contribution in [3.05, 3.63) is 36.1 Å². The molecule has 0 bridgehead atoms. The van der Waals surface area contributed by atoms with Crippen LogP contribution in [-0.4, -0.2) is 18.6 Å². The van der Waals surface area contributed by atoms with Crippen LogP contribution in [0.5, 0.6) is 0 Å².